The average molecular weight is 415 g/mol. The van der Waals surface area contributed by atoms with Crippen LogP contribution in [0.3, 0.4) is 0 Å². The molecular formula is C25H26N4O2. The van der Waals surface area contributed by atoms with Crippen molar-refractivity contribution < 1.29 is 9.53 Å². The maximum absolute atomic E-state index is 13.1. The number of nitrogens with one attached hydrogen (secondary N) is 1. The number of aromatic nitrogens is 3. The van der Waals surface area contributed by atoms with Crippen molar-refractivity contribution in [3.05, 3.63) is 71.3 Å². The second-order valence-corrected chi connectivity index (χ2v) is 9.36. The molecule has 2 aromatic heterocycles. The summed E-state index contributed by atoms with van der Waals surface area (Å²) in [4.78, 5) is 26.6. The van der Waals surface area contributed by atoms with Gasteiger partial charge in [-0.3, -0.25) is 9.78 Å². The number of pyridine rings is 1. The van der Waals surface area contributed by atoms with E-state index in [-0.39, 0.29) is 23.5 Å². The van der Waals surface area contributed by atoms with E-state index < -0.39 is 0 Å². The average Bonchev–Trinajstić information content (AvgIpc) is 3.12. The van der Waals surface area contributed by atoms with Crippen LogP contribution >= 0.6 is 0 Å². The third-order valence-electron chi connectivity index (χ3n) is 6.08. The van der Waals surface area contributed by atoms with Crippen molar-refractivity contribution in [1.82, 2.24) is 20.3 Å². The Hall–Kier alpha value is -3.28. The van der Waals surface area contributed by atoms with Crippen molar-refractivity contribution in [2.24, 2.45) is 5.41 Å². The Kier molecular flexibility index (Phi) is 4.73. The molecule has 158 valence electrons. The van der Waals surface area contributed by atoms with Crippen LogP contribution in [0.4, 0.5) is 0 Å². The summed E-state index contributed by atoms with van der Waals surface area (Å²) in [5.41, 5.74) is 4.72. The van der Waals surface area contributed by atoms with E-state index >= 15 is 0 Å². The van der Waals surface area contributed by atoms with Gasteiger partial charge in [0.15, 0.2) is 5.82 Å². The minimum atomic E-state index is -0.124. The highest BCUT2D eigenvalue weighted by molar-refractivity contribution is 5.95. The number of nitrogens with zero attached hydrogens (tertiary/aromatic N) is 3. The van der Waals surface area contributed by atoms with Gasteiger partial charge in [-0.1, -0.05) is 13.8 Å². The van der Waals surface area contributed by atoms with E-state index in [0.717, 1.165) is 47.4 Å². The molecule has 1 aliphatic heterocycles. The van der Waals surface area contributed by atoms with Gasteiger partial charge >= 0.3 is 0 Å². The van der Waals surface area contributed by atoms with Crippen LogP contribution < -0.4 is 10.1 Å². The zero-order valence-electron chi connectivity index (χ0n) is 18.1. The third-order valence-corrected chi connectivity index (χ3v) is 6.08. The maximum atomic E-state index is 13.1. The standard InChI is InChI=1S/C25H26N4O2/c1-15-10-18-11-17(4-5-22(18)31-15)24(30)29-21-13-25(2,3)12-20-19(21)14-27-23(28-20)16-6-8-26-9-7-16/h4-9,11,14-15,21H,10,12-13H2,1-3H3,(H,29,30). The van der Waals surface area contributed by atoms with Crippen molar-refractivity contribution in [1.29, 1.82) is 0 Å². The fourth-order valence-electron chi connectivity index (χ4n) is 4.62. The van der Waals surface area contributed by atoms with Crippen LogP contribution in [0.1, 0.15) is 60.4 Å². The smallest absolute Gasteiger partial charge is 0.251 e. The number of carbonyl (C=O) groups is 1. The molecule has 2 atom stereocenters. The molecule has 6 heteroatoms. The third kappa shape index (κ3) is 3.90. The lowest BCUT2D eigenvalue weighted by Crippen LogP contribution is -2.37. The summed E-state index contributed by atoms with van der Waals surface area (Å²) in [6, 6.07) is 9.38. The highest BCUT2D eigenvalue weighted by Crippen LogP contribution is 2.40. The molecule has 1 N–H and O–H groups in total. The Morgan fingerprint density at radius 3 is 2.81 bits per heavy atom. The minimum Gasteiger partial charge on any atom is -0.490 e. The fraction of sp³-hybridized carbons (Fsp3) is 0.360. The fourth-order valence-corrected chi connectivity index (χ4v) is 4.62. The first kappa shape index (κ1) is 19.7. The van der Waals surface area contributed by atoms with Gasteiger partial charge in [0, 0.05) is 41.7 Å². The van der Waals surface area contributed by atoms with Gasteiger partial charge in [-0.2, -0.15) is 0 Å². The van der Waals surface area contributed by atoms with Gasteiger partial charge in [0.1, 0.15) is 11.9 Å². The van der Waals surface area contributed by atoms with Gasteiger partial charge < -0.3 is 10.1 Å². The molecule has 1 amide bonds. The Bertz CT molecular complexity index is 1140. The molecule has 0 bridgehead atoms. The lowest BCUT2D eigenvalue weighted by Gasteiger charge is -2.36. The Labute approximate surface area is 182 Å². The summed E-state index contributed by atoms with van der Waals surface area (Å²) in [6.07, 6.45) is 8.04. The van der Waals surface area contributed by atoms with Crippen LogP contribution in [0.15, 0.2) is 48.9 Å². The van der Waals surface area contributed by atoms with Crippen molar-refractivity contribution in [3.63, 3.8) is 0 Å². The predicted octanol–water partition coefficient (Wildman–Crippen LogP) is 4.31. The molecule has 1 aliphatic carbocycles. The topological polar surface area (TPSA) is 77.0 Å². The monoisotopic (exact) mass is 414 g/mol. The summed E-state index contributed by atoms with van der Waals surface area (Å²) in [5, 5.41) is 3.24. The van der Waals surface area contributed by atoms with Crippen LogP contribution in [-0.4, -0.2) is 27.0 Å². The van der Waals surface area contributed by atoms with Crippen LogP contribution in [0.5, 0.6) is 5.75 Å². The lowest BCUT2D eigenvalue weighted by molar-refractivity contribution is 0.0919. The Morgan fingerprint density at radius 1 is 1.19 bits per heavy atom. The zero-order valence-corrected chi connectivity index (χ0v) is 18.1. The predicted molar refractivity (Wildman–Crippen MR) is 118 cm³/mol. The molecule has 0 saturated heterocycles. The number of amides is 1. The largest absolute Gasteiger partial charge is 0.490 e. The van der Waals surface area contributed by atoms with Crippen molar-refractivity contribution in [2.75, 3.05) is 0 Å². The minimum absolute atomic E-state index is 0.0238. The molecule has 2 unspecified atom stereocenters. The first-order valence-electron chi connectivity index (χ1n) is 10.7. The van der Waals surface area contributed by atoms with E-state index in [0.29, 0.717) is 11.4 Å². The molecule has 0 spiro atoms. The van der Waals surface area contributed by atoms with Crippen LogP contribution in [0.25, 0.3) is 11.4 Å². The molecule has 2 aliphatic rings. The number of ether oxygens (including phenoxy) is 1. The van der Waals surface area contributed by atoms with Gasteiger partial charge in [-0.25, -0.2) is 9.97 Å². The first-order chi connectivity index (χ1) is 14.9. The second-order valence-electron chi connectivity index (χ2n) is 9.36. The molecule has 3 heterocycles. The highest BCUT2D eigenvalue weighted by atomic mass is 16.5. The number of carbonyl (C=O) groups excluding carboxylic acids is 1. The second kappa shape index (κ2) is 7.45. The van der Waals surface area contributed by atoms with E-state index in [1.807, 2.05) is 43.5 Å². The summed E-state index contributed by atoms with van der Waals surface area (Å²) in [5.74, 6) is 1.50. The molecule has 6 nitrogen and oxygen atoms in total. The zero-order chi connectivity index (χ0) is 21.6. The normalized spacial score (nSPS) is 21.0. The first-order valence-corrected chi connectivity index (χ1v) is 10.7. The van der Waals surface area contributed by atoms with Crippen LogP contribution in [-0.2, 0) is 12.8 Å². The molecule has 0 radical (unpaired) electrons. The Morgan fingerprint density at radius 2 is 2.00 bits per heavy atom. The van der Waals surface area contributed by atoms with Gasteiger partial charge in [-0.15, -0.1) is 0 Å². The SMILES string of the molecule is CC1Cc2cc(C(=O)NC3CC(C)(C)Cc4nc(-c5ccncc5)ncc43)ccc2O1. The van der Waals surface area contributed by atoms with Crippen LogP contribution in [0, 0.1) is 5.41 Å². The van der Waals surface area contributed by atoms with Crippen LogP contribution in [0.2, 0.25) is 0 Å². The number of rotatable bonds is 3. The van der Waals surface area contributed by atoms with E-state index in [1.165, 1.54) is 0 Å². The van der Waals surface area contributed by atoms with Crippen molar-refractivity contribution in [2.45, 2.75) is 52.2 Å². The summed E-state index contributed by atoms with van der Waals surface area (Å²) < 4.78 is 5.76. The van der Waals surface area contributed by atoms with Gasteiger partial charge in [0.05, 0.1) is 11.7 Å². The molecule has 1 aromatic carbocycles. The van der Waals surface area contributed by atoms with Crippen molar-refractivity contribution in [3.8, 4) is 17.1 Å². The number of fused-ring (bicyclic) bond motifs is 2. The summed E-state index contributed by atoms with van der Waals surface area (Å²) >= 11 is 0. The molecular weight excluding hydrogens is 388 g/mol. The quantitative estimate of drug-likeness (QED) is 0.691. The van der Waals surface area contributed by atoms with E-state index in [2.05, 4.69) is 29.1 Å². The van der Waals surface area contributed by atoms with E-state index in [9.17, 15) is 4.79 Å². The van der Waals surface area contributed by atoms with Gasteiger partial charge in [0.2, 0.25) is 0 Å². The van der Waals surface area contributed by atoms with E-state index in [4.69, 9.17) is 9.72 Å². The molecule has 3 aromatic rings. The van der Waals surface area contributed by atoms with Crippen molar-refractivity contribution >= 4 is 5.91 Å². The number of hydrogen-bond acceptors (Lipinski definition) is 5. The molecule has 5 rings (SSSR count). The summed E-state index contributed by atoms with van der Waals surface area (Å²) in [6.45, 7) is 6.48. The maximum Gasteiger partial charge on any atom is 0.251 e. The highest BCUT2D eigenvalue weighted by Gasteiger charge is 2.35. The number of hydrogen-bond donors (Lipinski definition) is 1. The Balaban J connectivity index is 1.43. The van der Waals surface area contributed by atoms with E-state index in [1.54, 1.807) is 12.4 Å². The lowest BCUT2D eigenvalue weighted by atomic mass is 9.74. The summed E-state index contributed by atoms with van der Waals surface area (Å²) in [7, 11) is 0. The number of benzene rings is 1. The van der Waals surface area contributed by atoms with Gasteiger partial charge in [-0.05, 0) is 61.1 Å². The molecule has 31 heavy (non-hydrogen) atoms. The molecule has 0 fully saturated rings. The van der Waals surface area contributed by atoms with Gasteiger partial charge in [0.25, 0.3) is 5.91 Å². The molecule has 0 saturated carbocycles.